The van der Waals surface area contributed by atoms with Crippen molar-refractivity contribution in [1.82, 2.24) is 30.3 Å². The first kappa shape index (κ1) is 27.1. The molecule has 1 saturated heterocycles. The lowest BCUT2D eigenvalue weighted by Gasteiger charge is -2.26. The Labute approximate surface area is 235 Å². The SMILES string of the molecule is CC1=CC(C)=C(CNC(O)c2cc(-c3ccc(CN4CCOCC4)nc3)cc3c2cnn3C2CCCC2)C(O)N1. The Morgan fingerprint density at radius 2 is 1.90 bits per heavy atom. The maximum atomic E-state index is 11.4. The van der Waals surface area contributed by atoms with E-state index in [0.717, 1.165) is 95.8 Å². The van der Waals surface area contributed by atoms with Crippen molar-refractivity contribution in [3.05, 3.63) is 70.8 Å². The van der Waals surface area contributed by atoms with E-state index < -0.39 is 12.5 Å². The third kappa shape index (κ3) is 5.70. The van der Waals surface area contributed by atoms with Crippen molar-refractivity contribution in [2.75, 3.05) is 32.8 Å². The van der Waals surface area contributed by atoms with Crippen LogP contribution in [-0.2, 0) is 11.3 Å². The maximum absolute atomic E-state index is 11.4. The molecular formula is C31H40N6O3. The monoisotopic (exact) mass is 544 g/mol. The quantitative estimate of drug-likeness (QED) is 0.318. The Hall–Kier alpha value is -3.08. The van der Waals surface area contributed by atoms with Crippen molar-refractivity contribution in [3.63, 3.8) is 0 Å². The topological polar surface area (TPSA) is 108 Å². The van der Waals surface area contributed by atoms with E-state index in [4.69, 9.17) is 14.8 Å². The summed E-state index contributed by atoms with van der Waals surface area (Å²) in [5.74, 6) is 0. The molecule has 3 aliphatic rings. The third-order valence-electron chi connectivity index (χ3n) is 8.48. The van der Waals surface area contributed by atoms with Crippen LogP contribution in [0.3, 0.4) is 0 Å². The second kappa shape index (κ2) is 11.8. The van der Waals surface area contributed by atoms with Gasteiger partial charge < -0.3 is 20.3 Å². The molecule has 4 heterocycles. The number of rotatable bonds is 8. The van der Waals surface area contributed by atoms with Crippen LogP contribution in [0.4, 0.5) is 0 Å². The van der Waals surface area contributed by atoms with Gasteiger partial charge in [0.1, 0.15) is 12.5 Å². The highest BCUT2D eigenvalue weighted by Crippen LogP contribution is 2.36. The van der Waals surface area contributed by atoms with E-state index in [-0.39, 0.29) is 0 Å². The molecule has 6 rings (SSSR count). The Morgan fingerprint density at radius 1 is 1.10 bits per heavy atom. The van der Waals surface area contributed by atoms with Crippen molar-refractivity contribution in [3.8, 4) is 11.1 Å². The van der Waals surface area contributed by atoms with E-state index in [1.807, 2.05) is 38.4 Å². The predicted octanol–water partition coefficient (Wildman–Crippen LogP) is 3.77. The lowest BCUT2D eigenvalue weighted by Crippen LogP contribution is -2.37. The minimum absolute atomic E-state index is 0.352. The van der Waals surface area contributed by atoms with Gasteiger partial charge >= 0.3 is 0 Å². The van der Waals surface area contributed by atoms with Crippen LogP contribution in [0.5, 0.6) is 0 Å². The average Bonchev–Trinajstić information content (AvgIpc) is 3.63. The van der Waals surface area contributed by atoms with Crippen molar-refractivity contribution in [2.24, 2.45) is 0 Å². The number of hydrogen-bond donors (Lipinski definition) is 4. The molecule has 3 aromatic rings. The van der Waals surface area contributed by atoms with Gasteiger partial charge in [-0.1, -0.05) is 18.9 Å². The lowest BCUT2D eigenvalue weighted by molar-refractivity contribution is 0.0336. The van der Waals surface area contributed by atoms with Crippen LogP contribution in [0.25, 0.3) is 22.0 Å². The number of aromatic nitrogens is 3. The van der Waals surface area contributed by atoms with Crippen LogP contribution < -0.4 is 10.6 Å². The van der Waals surface area contributed by atoms with Gasteiger partial charge in [0.15, 0.2) is 0 Å². The van der Waals surface area contributed by atoms with Crippen LogP contribution >= 0.6 is 0 Å². The van der Waals surface area contributed by atoms with Gasteiger partial charge in [0.2, 0.25) is 0 Å². The van der Waals surface area contributed by atoms with E-state index in [1.165, 1.54) is 12.8 Å². The number of allylic oxidation sites excluding steroid dienone is 3. The molecule has 1 aromatic carbocycles. The molecule has 0 bridgehead atoms. The summed E-state index contributed by atoms with van der Waals surface area (Å²) >= 11 is 0. The summed E-state index contributed by atoms with van der Waals surface area (Å²) in [5, 5.41) is 34.0. The molecule has 2 atom stereocenters. The fourth-order valence-electron chi connectivity index (χ4n) is 6.21. The first-order valence-electron chi connectivity index (χ1n) is 14.5. The molecule has 9 nitrogen and oxygen atoms in total. The molecule has 0 radical (unpaired) electrons. The molecule has 2 fully saturated rings. The van der Waals surface area contributed by atoms with Gasteiger partial charge in [-0.3, -0.25) is 19.9 Å². The summed E-state index contributed by atoms with van der Waals surface area (Å²) in [7, 11) is 0. The minimum Gasteiger partial charge on any atom is -0.379 e. The fourth-order valence-corrected chi connectivity index (χ4v) is 6.21. The molecule has 2 unspecified atom stereocenters. The zero-order chi connectivity index (χ0) is 27.6. The number of benzene rings is 1. The normalized spacial score (nSPS) is 21.6. The molecule has 0 spiro atoms. The molecule has 1 aliphatic carbocycles. The van der Waals surface area contributed by atoms with E-state index in [1.54, 1.807) is 0 Å². The summed E-state index contributed by atoms with van der Waals surface area (Å²) in [5.41, 5.74) is 7.60. The van der Waals surface area contributed by atoms with Crippen LogP contribution in [0, 0.1) is 0 Å². The lowest BCUT2D eigenvalue weighted by atomic mass is 9.99. The van der Waals surface area contributed by atoms with Crippen LogP contribution in [0.1, 0.15) is 63.1 Å². The summed E-state index contributed by atoms with van der Waals surface area (Å²) in [6.07, 6.45) is 8.81. The molecule has 4 N–H and O–H groups in total. The van der Waals surface area contributed by atoms with Gasteiger partial charge in [-0.2, -0.15) is 5.10 Å². The number of ether oxygens (including phenoxy) is 1. The molecule has 212 valence electrons. The predicted molar refractivity (Wildman–Crippen MR) is 155 cm³/mol. The third-order valence-corrected chi connectivity index (χ3v) is 8.48. The van der Waals surface area contributed by atoms with Gasteiger partial charge in [-0.25, -0.2) is 0 Å². The first-order valence-corrected chi connectivity index (χ1v) is 14.5. The molecule has 2 aliphatic heterocycles. The highest BCUT2D eigenvalue weighted by molar-refractivity contribution is 5.88. The van der Waals surface area contributed by atoms with Crippen molar-refractivity contribution in [1.29, 1.82) is 0 Å². The second-order valence-corrected chi connectivity index (χ2v) is 11.3. The molecule has 1 saturated carbocycles. The smallest absolute Gasteiger partial charge is 0.148 e. The Balaban J connectivity index is 1.30. The van der Waals surface area contributed by atoms with E-state index in [0.29, 0.717) is 12.6 Å². The number of aliphatic hydroxyl groups excluding tert-OH is 2. The molecular weight excluding hydrogens is 504 g/mol. The van der Waals surface area contributed by atoms with Gasteiger partial charge in [0.25, 0.3) is 0 Å². The number of fused-ring (bicyclic) bond motifs is 1. The minimum atomic E-state index is -0.934. The van der Waals surface area contributed by atoms with E-state index in [2.05, 4.69) is 38.4 Å². The number of pyridine rings is 1. The van der Waals surface area contributed by atoms with Crippen LogP contribution in [0.15, 0.2) is 59.6 Å². The zero-order valence-electron chi connectivity index (χ0n) is 23.4. The Bertz CT molecular complexity index is 1400. The Morgan fingerprint density at radius 3 is 2.62 bits per heavy atom. The van der Waals surface area contributed by atoms with Gasteiger partial charge in [0, 0.05) is 54.6 Å². The van der Waals surface area contributed by atoms with Crippen molar-refractivity contribution < 1.29 is 14.9 Å². The zero-order valence-corrected chi connectivity index (χ0v) is 23.4. The van der Waals surface area contributed by atoms with Crippen molar-refractivity contribution in [2.45, 2.75) is 64.6 Å². The van der Waals surface area contributed by atoms with Crippen LogP contribution in [-0.4, -0.2) is 69.0 Å². The number of dihydropyridines is 1. The fraction of sp³-hybridized carbons (Fsp3) is 0.484. The number of morpholine rings is 1. The van der Waals surface area contributed by atoms with E-state index >= 15 is 0 Å². The molecule has 9 heteroatoms. The second-order valence-electron chi connectivity index (χ2n) is 11.3. The molecule has 2 aromatic heterocycles. The van der Waals surface area contributed by atoms with Gasteiger partial charge in [-0.15, -0.1) is 0 Å². The number of nitrogens with one attached hydrogen (secondary N) is 2. The maximum Gasteiger partial charge on any atom is 0.148 e. The molecule has 0 amide bonds. The number of hydrogen-bond acceptors (Lipinski definition) is 8. The standard InChI is InChI=1S/C31H40N6O3/c1-20-13-21(2)35-31(39)27(20)17-33-30(38)26-14-23(15-29-28(26)18-34-37(29)25-5-3-4-6-25)22-7-8-24(32-16-22)19-36-9-11-40-12-10-36/h7-8,13-16,18,25,30-31,33,35,38-39H,3-6,9-12,17,19H2,1-2H3. The largest absolute Gasteiger partial charge is 0.379 e. The van der Waals surface area contributed by atoms with E-state index in [9.17, 15) is 10.2 Å². The van der Waals surface area contributed by atoms with Crippen molar-refractivity contribution >= 4 is 10.9 Å². The number of nitrogens with zero attached hydrogens (tertiary/aromatic N) is 4. The van der Waals surface area contributed by atoms with Gasteiger partial charge in [0.05, 0.1) is 36.7 Å². The summed E-state index contributed by atoms with van der Waals surface area (Å²) in [6.45, 7) is 8.49. The summed E-state index contributed by atoms with van der Waals surface area (Å²) < 4.78 is 7.62. The highest BCUT2D eigenvalue weighted by atomic mass is 16.5. The highest BCUT2D eigenvalue weighted by Gasteiger charge is 2.24. The summed E-state index contributed by atoms with van der Waals surface area (Å²) in [6, 6.07) is 8.83. The van der Waals surface area contributed by atoms with Crippen LogP contribution in [0.2, 0.25) is 0 Å². The summed E-state index contributed by atoms with van der Waals surface area (Å²) in [4.78, 5) is 7.15. The Kier molecular flexibility index (Phi) is 8.00. The number of aliphatic hydroxyl groups is 2. The molecule has 40 heavy (non-hydrogen) atoms. The van der Waals surface area contributed by atoms with Gasteiger partial charge in [-0.05, 0) is 67.7 Å². The average molecular weight is 545 g/mol. The first-order chi connectivity index (χ1) is 19.5.